The summed E-state index contributed by atoms with van der Waals surface area (Å²) in [6.07, 6.45) is 5.29. The molecule has 0 saturated heterocycles. The van der Waals surface area contributed by atoms with E-state index in [4.69, 9.17) is 4.74 Å². The van der Waals surface area contributed by atoms with Crippen molar-refractivity contribution in [1.82, 2.24) is 4.90 Å². The summed E-state index contributed by atoms with van der Waals surface area (Å²) in [5, 5.41) is 18.6. The highest BCUT2D eigenvalue weighted by Gasteiger charge is 2.34. The van der Waals surface area contributed by atoms with Crippen LogP contribution >= 0.6 is 0 Å². The van der Waals surface area contributed by atoms with Crippen molar-refractivity contribution in [3.63, 3.8) is 0 Å². The van der Waals surface area contributed by atoms with Crippen molar-refractivity contribution in [3.05, 3.63) is 23.8 Å². The summed E-state index contributed by atoms with van der Waals surface area (Å²) in [6, 6.07) is 6.09. The molecular formula is C15H22BNO3. The van der Waals surface area contributed by atoms with Gasteiger partial charge in [-0.05, 0) is 43.1 Å². The fourth-order valence-electron chi connectivity index (χ4n) is 2.72. The Morgan fingerprint density at radius 2 is 2.00 bits per heavy atom. The summed E-state index contributed by atoms with van der Waals surface area (Å²) in [7, 11) is 0.244. The van der Waals surface area contributed by atoms with Crippen LogP contribution in [0.4, 0.5) is 0 Å². The van der Waals surface area contributed by atoms with Crippen LogP contribution in [0.15, 0.2) is 18.2 Å². The highest BCUT2D eigenvalue weighted by atomic mass is 16.5. The van der Waals surface area contributed by atoms with Crippen molar-refractivity contribution in [1.29, 1.82) is 0 Å². The first-order chi connectivity index (χ1) is 9.67. The summed E-state index contributed by atoms with van der Waals surface area (Å²) >= 11 is 0. The SMILES string of the molecule is COc1ccc(B(O)O)cc1CN(CC1CC1)C1CC1. The van der Waals surface area contributed by atoms with E-state index in [-0.39, 0.29) is 0 Å². The van der Waals surface area contributed by atoms with E-state index < -0.39 is 7.12 Å². The van der Waals surface area contributed by atoms with Crippen LogP contribution < -0.4 is 10.2 Å². The zero-order chi connectivity index (χ0) is 14.1. The molecule has 2 aliphatic rings. The molecule has 0 unspecified atom stereocenters. The van der Waals surface area contributed by atoms with Gasteiger partial charge in [0.25, 0.3) is 0 Å². The minimum Gasteiger partial charge on any atom is -0.496 e. The van der Waals surface area contributed by atoms with E-state index >= 15 is 0 Å². The average molecular weight is 275 g/mol. The van der Waals surface area contributed by atoms with E-state index in [9.17, 15) is 10.0 Å². The molecule has 0 heterocycles. The Morgan fingerprint density at radius 3 is 2.55 bits per heavy atom. The molecule has 0 spiro atoms. The predicted octanol–water partition coefficient (Wildman–Crippen LogP) is 0.749. The van der Waals surface area contributed by atoms with Gasteiger partial charge in [0.15, 0.2) is 0 Å². The molecule has 2 N–H and O–H groups in total. The lowest BCUT2D eigenvalue weighted by Crippen LogP contribution is -2.32. The highest BCUT2D eigenvalue weighted by Crippen LogP contribution is 2.36. The summed E-state index contributed by atoms with van der Waals surface area (Å²) < 4.78 is 5.41. The van der Waals surface area contributed by atoms with Crippen LogP contribution in [0.1, 0.15) is 31.2 Å². The smallest absolute Gasteiger partial charge is 0.488 e. The predicted molar refractivity (Wildman–Crippen MR) is 79.0 cm³/mol. The molecule has 108 valence electrons. The Hall–Kier alpha value is -1.04. The number of methoxy groups -OCH3 is 1. The van der Waals surface area contributed by atoms with Crippen molar-refractivity contribution in [2.75, 3.05) is 13.7 Å². The van der Waals surface area contributed by atoms with Crippen LogP contribution in [0.5, 0.6) is 5.75 Å². The van der Waals surface area contributed by atoms with Gasteiger partial charge in [0.1, 0.15) is 5.75 Å². The lowest BCUT2D eigenvalue weighted by atomic mass is 9.79. The largest absolute Gasteiger partial charge is 0.496 e. The van der Waals surface area contributed by atoms with Crippen molar-refractivity contribution >= 4 is 12.6 Å². The van der Waals surface area contributed by atoms with E-state index in [0.717, 1.165) is 23.8 Å². The number of hydrogen-bond acceptors (Lipinski definition) is 4. The molecule has 0 aliphatic heterocycles. The zero-order valence-electron chi connectivity index (χ0n) is 12.0. The molecule has 0 amide bonds. The molecule has 5 heteroatoms. The van der Waals surface area contributed by atoms with Gasteiger partial charge in [-0.15, -0.1) is 0 Å². The standard InChI is InChI=1S/C15H22BNO3/c1-20-15-7-4-13(16(18)19)8-12(15)10-17(14-5-6-14)9-11-2-3-11/h4,7-8,11,14,18-19H,2-3,5-6,9-10H2,1H3. The number of nitrogens with zero attached hydrogens (tertiary/aromatic N) is 1. The molecular weight excluding hydrogens is 253 g/mol. The normalized spacial score (nSPS) is 18.4. The summed E-state index contributed by atoms with van der Waals surface area (Å²) in [5.41, 5.74) is 1.58. The van der Waals surface area contributed by atoms with E-state index in [1.165, 1.54) is 32.2 Å². The maximum atomic E-state index is 9.32. The molecule has 1 aromatic carbocycles. The first-order valence-electron chi connectivity index (χ1n) is 7.44. The van der Waals surface area contributed by atoms with Gasteiger partial charge in [0.05, 0.1) is 7.11 Å². The van der Waals surface area contributed by atoms with Crippen LogP contribution in [0.3, 0.4) is 0 Å². The lowest BCUT2D eigenvalue weighted by Gasteiger charge is -2.23. The molecule has 4 nitrogen and oxygen atoms in total. The van der Waals surface area contributed by atoms with Crippen molar-refractivity contribution in [3.8, 4) is 5.75 Å². The molecule has 0 aromatic heterocycles. The third-order valence-corrected chi connectivity index (χ3v) is 4.23. The second kappa shape index (κ2) is 5.76. The quantitative estimate of drug-likeness (QED) is 0.721. The zero-order valence-corrected chi connectivity index (χ0v) is 12.0. The molecule has 2 saturated carbocycles. The Balaban J connectivity index is 1.77. The van der Waals surface area contributed by atoms with E-state index in [1.807, 2.05) is 12.1 Å². The molecule has 0 atom stereocenters. The van der Waals surface area contributed by atoms with Crippen molar-refractivity contribution < 1.29 is 14.8 Å². The molecule has 3 rings (SSSR count). The Bertz CT molecular complexity index is 472. The molecule has 1 aromatic rings. The van der Waals surface area contributed by atoms with Gasteiger partial charge in [0.2, 0.25) is 0 Å². The first-order valence-corrected chi connectivity index (χ1v) is 7.44. The van der Waals surface area contributed by atoms with Gasteiger partial charge in [-0.25, -0.2) is 0 Å². The van der Waals surface area contributed by atoms with Gasteiger partial charge < -0.3 is 14.8 Å². The molecule has 0 bridgehead atoms. The Morgan fingerprint density at radius 1 is 1.25 bits per heavy atom. The fraction of sp³-hybridized carbons (Fsp3) is 0.600. The third-order valence-electron chi connectivity index (χ3n) is 4.23. The van der Waals surface area contributed by atoms with Gasteiger partial charge in [0, 0.05) is 24.7 Å². The van der Waals surface area contributed by atoms with Gasteiger partial charge in [-0.3, -0.25) is 4.90 Å². The van der Waals surface area contributed by atoms with Crippen LogP contribution in [-0.4, -0.2) is 41.8 Å². The van der Waals surface area contributed by atoms with Crippen LogP contribution in [-0.2, 0) is 6.54 Å². The molecule has 2 fully saturated rings. The summed E-state index contributed by atoms with van der Waals surface area (Å²) in [4.78, 5) is 2.53. The minimum absolute atomic E-state index is 0.531. The van der Waals surface area contributed by atoms with E-state index in [2.05, 4.69) is 4.90 Å². The second-order valence-electron chi connectivity index (χ2n) is 6.05. The maximum absolute atomic E-state index is 9.32. The van der Waals surface area contributed by atoms with Crippen LogP contribution in [0, 0.1) is 5.92 Å². The topological polar surface area (TPSA) is 52.9 Å². The maximum Gasteiger partial charge on any atom is 0.488 e. The van der Waals surface area contributed by atoms with Gasteiger partial charge in [-0.2, -0.15) is 0 Å². The third kappa shape index (κ3) is 3.34. The average Bonchev–Trinajstić information content (AvgIpc) is 3.30. The number of ether oxygens (including phenoxy) is 1. The van der Waals surface area contributed by atoms with E-state index in [0.29, 0.717) is 11.5 Å². The monoisotopic (exact) mass is 275 g/mol. The highest BCUT2D eigenvalue weighted by molar-refractivity contribution is 6.58. The van der Waals surface area contributed by atoms with Crippen LogP contribution in [0.25, 0.3) is 0 Å². The number of rotatable bonds is 7. The van der Waals surface area contributed by atoms with Crippen LogP contribution in [0.2, 0.25) is 0 Å². The van der Waals surface area contributed by atoms with E-state index in [1.54, 1.807) is 13.2 Å². The lowest BCUT2D eigenvalue weighted by molar-refractivity contribution is 0.240. The van der Waals surface area contributed by atoms with Gasteiger partial charge in [-0.1, -0.05) is 12.1 Å². The molecule has 0 radical (unpaired) electrons. The fourth-order valence-corrected chi connectivity index (χ4v) is 2.72. The number of hydrogen-bond donors (Lipinski definition) is 2. The second-order valence-corrected chi connectivity index (χ2v) is 6.05. The van der Waals surface area contributed by atoms with Crippen molar-refractivity contribution in [2.45, 2.75) is 38.3 Å². The van der Waals surface area contributed by atoms with Gasteiger partial charge >= 0.3 is 7.12 Å². The Labute approximate surface area is 120 Å². The molecule has 20 heavy (non-hydrogen) atoms. The minimum atomic E-state index is -1.42. The summed E-state index contributed by atoms with van der Waals surface area (Å²) in [6.45, 7) is 2.00. The van der Waals surface area contributed by atoms with Crippen molar-refractivity contribution in [2.24, 2.45) is 5.92 Å². The summed E-state index contributed by atoms with van der Waals surface area (Å²) in [5.74, 6) is 1.70. The molecule has 2 aliphatic carbocycles. The first kappa shape index (κ1) is 13.9. The Kier molecular flexibility index (Phi) is 4.01. The number of benzene rings is 1.